The second kappa shape index (κ2) is 14.9. The Morgan fingerprint density at radius 3 is 1.92 bits per heavy atom. The van der Waals surface area contributed by atoms with Crippen LogP contribution in [0.25, 0.3) is 71.7 Å². The monoisotopic (exact) mass is 1120 g/mol. The van der Waals surface area contributed by atoms with Gasteiger partial charge in [-0.1, -0.05) is 89.4 Å². The van der Waals surface area contributed by atoms with Gasteiger partial charge in [-0.3, -0.25) is 18.2 Å². The fourth-order valence-electron chi connectivity index (χ4n) is 7.24. The summed E-state index contributed by atoms with van der Waals surface area (Å²) in [5.41, 5.74) is 12.3. The van der Waals surface area contributed by atoms with Crippen LogP contribution in [0, 0.1) is 86.5 Å². The van der Waals surface area contributed by atoms with Crippen molar-refractivity contribution < 1.29 is 66.6 Å². The zero-order valence-electron chi connectivity index (χ0n) is 28.5. The van der Waals surface area contributed by atoms with Crippen molar-refractivity contribution in [1.82, 2.24) is 4.57 Å². The molecular formula is C48H28N2OU2. The summed E-state index contributed by atoms with van der Waals surface area (Å²) >= 11 is 0. The van der Waals surface area contributed by atoms with Gasteiger partial charge in [-0.2, -0.15) is 53.2 Å². The van der Waals surface area contributed by atoms with Gasteiger partial charge in [-0.25, -0.2) is 5.69 Å². The van der Waals surface area contributed by atoms with E-state index in [9.17, 15) is 0 Å². The minimum Gasteiger partial charge on any atom is -0.456 e. The molecule has 3 nitrogen and oxygen atoms in total. The maximum atomic E-state index is 6.20. The molecule has 10 rings (SSSR count). The second-order valence-electron chi connectivity index (χ2n) is 12.7. The summed E-state index contributed by atoms with van der Waals surface area (Å²) in [6.45, 7) is 0. The van der Waals surface area contributed by atoms with Crippen LogP contribution in [0.2, 0.25) is 0 Å². The van der Waals surface area contributed by atoms with Gasteiger partial charge in [0.15, 0.2) is 0 Å². The molecule has 10 aromatic rings. The van der Waals surface area contributed by atoms with E-state index < -0.39 is 0 Å². The van der Waals surface area contributed by atoms with Crippen LogP contribution in [0.4, 0.5) is 17.1 Å². The third kappa shape index (κ3) is 6.37. The van der Waals surface area contributed by atoms with E-state index >= 15 is 0 Å². The Morgan fingerprint density at radius 1 is 0.415 bits per heavy atom. The minimum atomic E-state index is 0. The van der Waals surface area contributed by atoms with Gasteiger partial charge < -0.3 is 26.0 Å². The van der Waals surface area contributed by atoms with Crippen LogP contribution in [0.15, 0.2) is 174 Å². The van der Waals surface area contributed by atoms with Crippen LogP contribution in [-0.4, -0.2) is 4.57 Å². The molecule has 2 aromatic heterocycles. The standard InChI is InChI=1S/C48H28N2O.2U/c1-3-12-33(13-4-1)35-14-11-17-39(30-35)49(40-27-29-48-44(32-40)42-19-8-10-21-47(42)51-48)38-25-22-34(23-26-38)36-24-28-46-43(31-36)41-18-7-9-20-45(41)50(46)37-15-5-2-6-16-37;;/h1-14,17-19,21-27,29-32H;;/q-4;2*+2. The van der Waals surface area contributed by atoms with Gasteiger partial charge in [0.2, 0.25) is 0 Å². The number of fused-ring (bicyclic) bond motifs is 6. The number of hydrogen-bond donors (Lipinski definition) is 0. The van der Waals surface area contributed by atoms with Crippen molar-refractivity contribution in [1.29, 1.82) is 0 Å². The first-order valence-corrected chi connectivity index (χ1v) is 17.0. The van der Waals surface area contributed by atoms with Gasteiger partial charge in [0, 0.05) is 27.8 Å². The Morgan fingerprint density at radius 2 is 1.08 bits per heavy atom. The van der Waals surface area contributed by atoms with E-state index in [4.69, 9.17) is 4.42 Å². The Kier molecular flexibility index (Phi) is 9.96. The summed E-state index contributed by atoms with van der Waals surface area (Å²) in [6, 6.07) is 72.7. The van der Waals surface area contributed by atoms with E-state index in [1.165, 1.54) is 5.56 Å². The van der Waals surface area contributed by atoms with E-state index in [1.807, 2.05) is 42.5 Å². The summed E-state index contributed by atoms with van der Waals surface area (Å²) < 4.78 is 8.33. The van der Waals surface area contributed by atoms with Crippen molar-refractivity contribution in [2.24, 2.45) is 0 Å². The summed E-state index contributed by atoms with van der Waals surface area (Å²) in [7, 11) is 0. The van der Waals surface area contributed by atoms with Gasteiger partial charge in [0.05, 0.1) is 0 Å². The smallest absolute Gasteiger partial charge is 0.456 e. The Hall–Kier alpha value is -4.74. The normalized spacial score (nSPS) is 11.1. The zero-order chi connectivity index (χ0) is 33.7. The number of aromatic nitrogens is 1. The number of benzene rings is 8. The molecule has 8 aromatic carbocycles. The third-order valence-electron chi connectivity index (χ3n) is 9.64. The number of nitrogens with zero attached hydrogens (tertiary/aromatic N) is 2. The Bertz CT molecular complexity index is 2860. The number of rotatable bonds is 6. The van der Waals surface area contributed by atoms with Crippen LogP contribution in [0.1, 0.15) is 0 Å². The molecule has 53 heavy (non-hydrogen) atoms. The van der Waals surface area contributed by atoms with E-state index in [-0.39, 0.29) is 62.2 Å². The maximum absolute atomic E-state index is 6.20. The van der Waals surface area contributed by atoms with Gasteiger partial charge >= 0.3 is 62.2 Å². The van der Waals surface area contributed by atoms with E-state index in [2.05, 4.69) is 161 Å². The average molecular weight is 1120 g/mol. The number of anilines is 3. The molecular weight excluding hydrogens is 1100 g/mol. The molecule has 244 valence electrons. The van der Waals surface area contributed by atoms with E-state index in [0.29, 0.717) is 0 Å². The quantitative estimate of drug-likeness (QED) is 0.155. The molecule has 0 spiro atoms. The molecule has 2 heterocycles. The molecule has 0 amide bonds. The van der Waals surface area contributed by atoms with Crippen molar-refractivity contribution in [3.05, 3.63) is 194 Å². The summed E-state index contributed by atoms with van der Waals surface area (Å²) in [4.78, 5) is 2.32. The zero-order valence-corrected chi connectivity index (χ0v) is 36.8. The minimum absolute atomic E-state index is 0. The molecule has 0 saturated heterocycles. The largest absolute Gasteiger partial charge is 2.00 e. The third-order valence-corrected chi connectivity index (χ3v) is 9.64. The molecule has 0 N–H and O–H groups in total. The van der Waals surface area contributed by atoms with Crippen molar-refractivity contribution in [2.45, 2.75) is 0 Å². The molecule has 0 aliphatic carbocycles. The van der Waals surface area contributed by atoms with Crippen LogP contribution < -0.4 is 4.90 Å². The van der Waals surface area contributed by atoms with Crippen molar-refractivity contribution in [3.8, 4) is 27.9 Å². The average Bonchev–Trinajstić information content (AvgIpc) is 3.74. The van der Waals surface area contributed by atoms with Crippen LogP contribution in [-0.2, 0) is 0 Å². The fourth-order valence-corrected chi connectivity index (χ4v) is 7.24. The maximum Gasteiger partial charge on any atom is 2.00 e. The van der Waals surface area contributed by atoms with Gasteiger partial charge in [-0.15, -0.1) is 5.56 Å². The van der Waals surface area contributed by atoms with Crippen LogP contribution >= 0.6 is 0 Å². The Balaban J connectivity index is 0.00000200. The van der Waals surface area contributed by atoms with Crippen molar-refractivity contribution in [2.75, 3.05) is 4.90 Å². The molecule has 0 atom stereocenters. The molecule has 0 aliphatic heterocycles. The Labute approximate surface area is 355 Å². The van der Waals surface area contributed by atoms with Crippen LogP contribution in [0.3, 0.4) is 0 Å². The first-order valence-electron chi connectivity index (χ1n) is 17.0. The second-order valence-corrected chi connectivity index (χ2v) is 12.7. The first kappa shape index (κ1) is 35.3. The molecule has 0 unspecified atom stereocenters. The number of furan rings is 1. The topological polar surface area (TPSA) is 21.3 Å². The van der Waals surface area contributed by atoms with Crippen molar-refractivity contribution in [3.63, 3.8) is 0 Å². The van der Waals surface area contributed by atoms with E-state index in [0.717, 1.165) is 83.2 Å². The van der Waals surface area contributed by atoms with E-state index in [1.54, 1.807) is 0 Å². The van der Waals surface area contributed by atoms with Gasteiger partial charge in [0.25, 0.3) is 0 Å². The SMILES string of the molecule is [U+2].[U+2].[c-]1ccc[c-]c1-n1c2[c-]cccc2c2cc(-c3ccc(N(c4cccc(-c5ccccc5)c4)c4ccc5oc6ccccc6c5c4)cc3)c[c-]c21. The fraction of sp³-hybridized carbons (Fsp3) is 0. The number of hydrogen-bond acceptors (Lipinski definition) is 2. The summed E-state index contributed by atoms with van der Waals surface area (Å²) in [6.07, 6.45) is 0. The number of para-hydroxylation sites is 3. The van der Waals surface area contributed by atoms with Gasteiger partial charge in [-0.05, 0) is 59.7 Å². The van der Waals surface area contributed by atoms with Crippen LogP contribution in [0.5, 0.6) is 0 Å². The predicted molar refractivity (Wildman–Crippen MR) is 209 cm³/mol. The molecule has 5 heteroatoms. The van der Waals surface area contributed by atoms with Crippen molar-refractivity contribution >= 4 is 60.8 Å². The molecule has 0 saturated carbocycles. The summed E-state index contributed by atoms with van der Waals surface area (Å²) in [5.74, 6) is 0. The predicted octanol–water partition coefficient (Wildman–Crippen LogP) is 12.7. The molecule has 0 aliphatic rings. The molecule has 0 bridgehead atoms. The molecule has 0 radical (unpaired) electrons. The van der Waals surface area contributed by atoms with Gasteiger partial charge in [0.1, 0.15) is 11.2 Å². The summed E-state index contributed by atoms with van der Waals surface area (Å²) in [5, 5.41) is 4.44. The first-order chi connectivity index (χ1) is 25.3. The molecule has 0 fully saturated rings.